The number of rotatable bonds is 3. The van der Waals surface area contributed by atoms with E-state index in [1.54, 1.807) is 6.07 Å². The van der Waals surface area contributed by atoms with Gasteiger partial charge in [0, 0.05) is 17.8 Å². The van der Waals surface area contributed by atoms with E-state index in [0.717, 1.165) is 23.9 Å². The standard InChI is InChI=1S/C17H19F2N3O2/c1-9(2)14-7-15(21-20-14)17(24)22-8-11(23)6-16(22)12-5-10(18)3-4-13(12)19/h3-5,7,9,11,16,23H,6,8H2,1-2H3,(H,20,21). The number of β-amino-alcohol motifs (C(OH)–C–C–N with tert-alkyl or cyclic N) is 1. The third-order valence-corrected chi connectivity index (χ3v) is 4.30. The van der Waals surface area contributed by atoms with E-state index in [1.807, 2.05) is 13.8 Å². The highest BCUT2D eigenvalue weighted by atomic mass is 19.1. The number of H-pyrrole nitrogens is 1. The van der Waals surface area contributed by atoms with Crippen LogP contribution in [0.5, 0.6) is 0 Å². The van der Waals surface area contributed by atoms with Crippen molar-refractivity contribution >= 4 is 5.91 Å². The molecule has 1 aliphatic rings. The molecule has 0 bridgehead atoms. The second-order valence-corrected chi connectivity index (χ2v) is 6.39. The van der Waals surface area contributed by atoms with Gasteiger partial charge in [-0.2, -0.15) is 5.10 Å². The van der Waals surface area contributed by atoms with Gasteiger partial charge in [-0.3, -0.25) is 9.89 Å². The lowest BCUT2D eigenvalue weighted by molar-refractivity contribution is 0.0707. The van der Waals surface area contributed by atoms with Gasteiger partial charge in [-0.1, -0.05) is 13.8 Å². The maximum absolute atomic E-state index is 14.1. The molecular weight excluding hydrogens is 316 g/mol. The van der Waals surface area contributed by atoms with Gasteiger partial charge in [0.2, 0.25) is 0 Å². The van der Waals surface area contributed by atoms with Gasteiger partial charge in [0.15, 0.2) is 0 Å². The quantitative estimate of drug-likeness (QED) is 0.906. The highest BCUT2D eigenvalue weighted by molar-refractivity contribution is 5.93. The zero-order chi connectivity index (χ0) is 17.4. The van der Waals surface area contributed by atoms with E-state index in [-0.39, 0.29) is 30.1 Å². The van der Waals surface area contributed by atoms with E-state index < -0.39 is 29.7 Å². The smallest absolute Gasteiger partial charge is 0.274 e. The molecule has 7 heteroatoms. The van der Waals surface area contributed by atoms with Crippen LogP contribution in [0.3, 0.4) is 0 Å². The van der Waals surface area contributed by atoms with Crippen molar-refractivity contribution < 1.29 is 18.7 Å². The summed E-state index contributed by atoms with van der Waals surface area (Å²) in [4.78, 5) is 14.1. The van der Waals surface area contributed by atoms with Crippen LogP contribution < -0.4 is 0 Å². The van der Waals surface area contributed by atoms with Gasteiger partial charge in [0.1, 0.15) is 17.3 Å². The molecule has 2 unspecified atom stereocenters. The van der Waals surface area contributed by atoms with Crippen LogP contribution in [0.15, 0.2) is 24.3 Å². The van der Waals surface area contributed by atoms with Crippen LogP contribution in [0.25, 0.3) is 0 Å². The van der Waals surface area contributed by atoms with Crippen LogP contribution in [0.2, 0.25) is 0 Å². The first-order valence-electron chi connectivity index (χ1n) is 7.86. The van der Waals surface area contributed by atoms with Gasteiger partial charge >= 0.3 is 0 Å². The molecule has 0 spiro atoms. The predicted molar refractivity (Wildman–Crippen MR) is 83.4 cm³/mol. The summed E-state index contributed by atoms with van der Waals surface area (Å²) in [6.07, 6.45) is -0.627. The van der Waals surface area contributed by atoms with Gasteiger partial charge < -0.3 is 10.0 Å². The lowest BCUT2D eigenvalue weighted by Crippen LogP contribution is -2.32. The van der Waals surface area contributed by atoms with Crippen molar-refractivity contribution in [1.82, 2.24) is 15.1 Å². The minimum Gasteiger partial charge on any atom is -0.391 e. The largest absolute Gasteiger partial charge is 0.391 e. The maximum Gasteiger partial charge on any atom is 0.274 e. The number of hydrogen-bond donors (Lipinski definition) is 2. The van der Waals surface area contributed by atoms with E-state index >= 15 is 0 Å². The van der Waals surface area contributed by atoms with Crippen molar-refractivity contribution in [3.63, 3.8) is 0 Å². The molecule has 1 amide bonds. The molecule has 0 aliphatic carbocycles. The number of hydrogen-bond acceptors (Lipinski definition) is 3. The van der Waals surface area contributed by atoms with E-state index in [9.17, 15) is 18.7 Å². The summed E-state index contributed by atoms with van der Waals surface area (Å²) in [6.45, 7) is 3.99. The first-order chi connectivity index (χ1) is 11.4. The molecule has 24 heavy (non-hydrogen) atoms. The zero-order valence-corrected chi connectivity index (χ0v) is 13.5. The first kappa shape index (κ1) is 16.6. The highest BCUT2D eigenvalue weighted by Gasteiger charge is 2.38. The van der Waals surface area contributed by atoms with E-state index in [0.29, 0.717) is 0 Å². The van der Waals surface area contributed by atoms with E-state index in [1.165, 1.54) is 4.90 Å². The summed E-state index contributed by atoms with van der Waals surface area (Å²) in [5, 5.41) is 16.8. The Morgan fingerprint density at radius 1 is 1.38 bits per heavy atom. The normalized spacial score (nSPS) is 20.8. The Morgan fingerprint density at radius 3 is 2.79 bits per heavy atom. The van der Waals surface area contributed by atoms with Crippen molar-refractivity contribution in [2.75, 3.05) is 6.54 Å². The molecule has 5 nitrogen and oxygen atoms in total. The van der Waals surface area contributed by atoms with Gasteiger partial charge in [-0.15, -0.1) is 0 Å². The molecule has 2 heterocycles. The number of benzene rings is 1. The van der Waals surface area contributed by atoms with Crippen molar-refractivity contribution in [3.8, 4) is 0 Å². The minimum atomic E-state index is -0.787. The van der Waals surface area contributed by atoms with Crippen LogP contribution in [-0.4, -0.2) is 38.8 Å². The van der Waals surface area contributed by atoms with Gasteiger partial charge in [-0.05, 0) is 36.6 Å². The minimum absolute atomic E-state index is 0.0589. The van der Waals surface area contributed by atoms with Gasteiger partial charge in [-0.25, -0.2) is 8.78 Å². The van der Waals surface area contributed by atoms with E-state index in [4.69, 9.17) is 0 Å². The van der Waals surface area contributed by atoms with Crippen LogP contribution in [0.1, 0.15) is 54.0 Å². The fraction of sp³-hybridized carbons (Fsp3) is 0.412. The number of aromatic amines is 1. The second kappa shape index (κ2) is 6.32. The fourth-order valence-corrected chi connectivity index (χ4v) is 2.99. The number of likely N-dealkylation sites (tertiary alicyclic amines) is 1. The third kappa shape index (κ3) is 3.03. The Balaban J connectivity index is 1.92. The Hall–Kier alpha value is -2.28. The van der Waals surface area contributed by atoms with Crippen molar-refractivity contribution in [1.29, 1.82) is 0 Å². The summed E-state index contributed by atoms with van der Waals surface area (Å²) in [5.74, 6) is -1.41. The van der Waals surface area contributed by atoms with Crippen molar-refractivity contribution in [2.45, 2.75) is 38.3 Å². The molecule has 1 aromatic heterocycles. The van der Waals surface area contributed by atoms with Crippen LogP contribution in [0.4, 0.5) is 8.78 Å². The molecule has 2 aromatic rings. The highest BCUT2D eigenvalue weighted by Crippen LogP contribution is 2.35. The molecule has 0 saturated carbocycles. The first-order valence-corrected chi connectivity index (χ1v) is 7.86. The number of carbonyl (C=O) groups excluding carboxylic acids is 1. The Bertz CT molecular complexity index is 760. The lowest BCUT2D eigenvalue weighted by atomic mass is 10.0. The molecule has 3 rings (SSSR count). The molecule has 1 saturated heterocycles. The number of amides is 1. The number of nitrogens with one attached hydrogen (secondary N) is 1. The van der Waals surface area contributed by atoms with Gasteiger partial charge in [0.05, 0.1) is 12.1 Å². The zero-order valence-electron chi connectivity index (χ0n) is 13.5. The van der Waals surface area contributed by atoms with E-state index in [2.05, 4.69) is 10.2 Å². The molecule has 2 atom stereocenters. The molecule has 1 fully saturated rings. The molecule has 2 N–H and O–H groups in total. The Morgan fingerprint density at radius 2 is 2.12 bits per heavy atom. The summed E-state index contributed by atoms with van der Waals surface area (Å²) < 4.78 is 27.6. The summed E-state index contributed by atoms with van der Waals surface area (Å²) >= 11 is 0. The van der Waals surface area contributed by atoms with Crippen molar-refractivity contribution in [2.24, 2.45) is 0 Å². The summed E-state index contributed by atoms with van der Waals surface area (Å²) in [6, 6.07) is 4.06. The summed E-state index contributed by atoms with van der Waals surface area (Å²) in [7, 11) is 0. The average Bonchev–Trinajstić information content (AvgIpc) is 3.16. The summed E-state index contributed by atoms with van der Waals surface area (Å²) in [5.41, 5.74) is 1.08. The molecular formula is C17H19F2N3O2. The average molecular weight is 335 g/mol. The monoisotopic (exact) mass is 335 g/mol. The van der Waals surface area contributed by atoms with Crippen LogP contribution >= 0.6 is 0 Å². The molecule has 1 aromatic carbocycles. The van der Waals surface area contributed by atoms with Gasteiger partial charge in [0.25, 0.3) is 5.91 Å². The van der Waals surface area contributed by atoms with Crippen LogP contribution in [-0.2, 0) is 0 Å². The maximum atomic E-state index is 14.1. The number of carbonyl (C=O) groups is 1. The fourth-order valence-electron chi connectivity index (χ4n) is 2.99. The molecule has 128 valence electrons. The predicted octanol–water partition coefficient (Wildman–Crippen LogP) is 2.76. The second-order valence-electron chi connectivity index (χ2n) is 6.39. The number of nitrogens with zero attached hydrogens (tertiary/aromatic N) is 2. The molecule has 0 radical (unpaired) electrons. The van der Waals surface area contributed by atoms with Crippen molar-refractivity contribution in [3.05, 3.63) is 52.9 Å². The van der Waals surface area contributed by atoms with Crippen LogP contribution in [0, 0.1) is 11.6 Å². The topological polar surface area (TPSA) is 69.2 Å². The molecule has 1 aliphatic heterocycles. The number of aliphatic hydroxyl groups is 1. The lowest BCUT2D eigenvalue weighted by Gasteiger charge is -2.24. The Kier molecular flexibility index (Phi) is 4.36. The number of aliphatic hydroxyl groups excluding tert-OH is 1. The SMILES string of the molecule is CC(C)c1cc(C(=O)N2CC(O)CC2c2cc(F)ccc2F)n[nH]1. The number of aromatic nitrogens is 2. The Labute approximate surface area is 138 Å². The third-order valence-electron chi connectivity index (χ3n) is 4.30. The number of halogens is 2.